The number of methoxy groups -OCH3 is 1. The maximum atomic E-state index is 11.0. The zero-order valence-corrected chi connectivity index (χ0v) is 9.13. The number of nitrogens with two attached hydrogens (primary N) is 1. The fraction of sp³-hybridized carbons (Fsp3) is 0.375. The van der Waals surface area contributed by atoms with Crippen molar-refractivity contribution in [2.24, 2.45) is 0 Å². The number of hydrogen-bond donors (Lipinski definition) is 1. The standard InChI is InChI=1S/C8H11NO2S.ClH/c1-3-6-5(9)4-7(12-6)8(10)11-2;/h4H,3,9H2,1-2H3;1H. The highest BCUT2D eigenvalue weighted by Gasteiger charge is 2.11. The van der Waals surface area contributed by atoms with Crippen molar-refractivity contribution in [3.8, 4) is 0 Å². The Kier molecular flexibility index (Phi) is 4.80. The Bertz CT molecular complexity index is 298. The van der Waals surface area contributed by atoms with E-state index < -0.39 is 0 Å². The van der Waals surface area contributed by atoms with E-state index in [2.05, 4.69) is 4.74 Å². The summed E-state index contributed by atoms with van der Waals surface area (Å²) >= 11 is 1.39. The SMILES string of the molecule is CCc1sc(C(=O)OC)cc1N.Cl. The average Bonchev–Trinajstić information content (AvgIpc) is 2.45. The van der Waals surface area contributed by atoms with Crippen molar-refractivity contribution in [2.75, 3.05) is 12.8 Å². The number of rotatable bonds is 2. The minimum atomic E-state index is -0.314. The molecule has 0 aliphatic rings. The summed E-state index contributed by atoms with van der Waals surface area (Å²) in [5, 5.41) is 0. The second-order valence-electron chi connectivity index (χ2n) is 2.33. The normalized spacial score (nSPS) is 9.08. The number of nitrogen functional groups attached to an aromatic ring is 1. The van der Waals surface area contributed by atoms with E-state index in [1.54, 1.807) is 6.07 Å². The Morgan fingerprint density at radius 2 is 2.31 bits per heavy atom. The van der Waals surface area contributed by atoms with Crippen molar-refractivity contribution in [3.05, 3.63) is 15.8 Å². The number of anilines is 1. The molecular formula is C8H12ClNO2S. The largest absolute Gasteiger partial charge is 0.465 e. The number of hydrogen-bond acceptors (Lipinski definition) is 4. The van der Waals surface area contributed by atoms with E-state index in [1.165, 1.54) is 18.4 Å². The molecule has 1 heterocycles. The van der Waals surface area contributed by atoms with Crippen LogP contribution in [0, 0.1) is 0 Å². The lowest BCUT2D eigenvalue weighted by molar-refractivity contribution is 0.0606. The summed E-state index contributed by atoms with van der Waals surface area (Å²) in [4.78, 5) is 12.6. The predicted octanol–water partition coefficient (Wildman–Crippen LogP) is 2.10. The monoisotopic (exact) mass is 221 g/mol. The molecular weight excluding hydrogens is 210 g/mol. The molecule has 3 nitrogen and oxygen atoms in total. The highest BCUT2D eigenvalue weighted by molar-refractivity contribution is 7.14. The molecule has 5 heteroatoms. The molecule has 2 N–H and O–H groups in total. The van der Waals surface area contributed by atoms with Gasteiger partial charge in [0.15, 0.2) is 0 Å². The van der Waals surface area contributed by atoms with Gasteiger partial charge in [0, 0.05) is 10.6 Å². The van der Waals surface area contributed by atoms with Crippen LogP contribution < -0.4 is 5.73 Å². The van der Waals surface area contributed by atoms with Crippen molar-refractivity contribution in [1.82, 2.24) is 0 Å². The summed E-state index contributed by atoms with van der Waals surface area (Å²) in [7, 11) is 1.36. The number of esters is 1. The van der Waals surface area contributed by atoms with Crippen LogP contribution in [0.15, 0.2) is 6.07 Å². The van der Waals surface area contributed by atoms with Gasteiger partial charge in [-0.15, -0.1) is 23.7 Å². The first-order chi connectivity index (χ1) is 5.69. The topological polar surface area (TPSA) is 52.3 Å². The first kappa shape index (κ1) is 12.3. The van der Waals surface area contributed by atoms with Gasteiger partial charge in [-0.05, 0) is 12.5 Å². The molecule has 0 radical (unpaired) electrons. The smallest absolute Gasteiger partial charge is 0.348 e. The Balaban J connectivity index is 0.00000144. The summed E-state index contributed by atoms with van der Waals surface area (Å²) in [5.41, 5.74) is 6.33. The van der Waals surface area contributed by atoms with Gasteiger partial charge in [-0.25, -0.2) is 4.79 Å². The van der Waals surface area contributed by atoms with Crippen LogP contribution in [0.4, 0.5) is 5.69 Å². The summed E-state index contributed by atoms with van der Waals surface area (Å²) in [6, 6.07) is 1.66. The van der Waals surface area contributed by atoms with Crippen molar-refractivity contribution in [3.63, 3.8) is 0 Å². The second kappa shape index (κ2) is 5.09. The maximum absolute atomic E-state index is 11.0. The Hall–Kier alpha value is -0.740. The quantitative estimate of drug-likeness (QED) is 0.779. The molecule has 1 aromatic heterocycles. The first-order valence-corrected chi connectivity index (χ1v) is 4.47. The van der Waals surface area contributed by atoms with E-state index in [9.17, 15) is 4.79 Å². The van der Waals surface area contributed by atoms with Gasteiger partial charge in [0.1, 0.15) is 4.88 Å². The fourth-order valence-corrected chi connectivity index (χ4v) is 1.86. The van der Waals surface area contributed by atoms with Crippen molar-refractivity contribution in [1.29, 1.82) is 0 Å². The van der Waals surface area contributed by atoms with Crippen LogP contribution in [0.25, 0.3) is 0 Å². The third-order valence-corrected chi connectivity index (χ3v) is 2.82. The third kappa shape index (κ3) is 2.60. The van der Waals surface area contributed by atoms with Gasteiger partial charge in [0.25, 0.3) is 0 Å². The van der Waals surface area contributed by atoms with Gasteiger partial charge >= 0.3 is 5.97 Å². The number of ether oxygens (including phenoxy) is 1. The predicted molar refractivity (Wildman–Crippen MR) is 56.7 cm³/mol. The number of carbonyl (C=O) groups excluding carboxylic acids is 1. The summed E-state index contributed by atoms with van der Waals surface area (Å²) in [5.74, 6) is -0.314. The van der Waals surface area contributed by atoms with E-state index >= 15 is 0 Å². The highest BCUT2D eigenvalue weighted by atomic mass is 35.5. The molecule has 13 heavy (non-hydrogen) atoms. The van der Waals surface area contributed by atoms with Crippen LogP contribution >= 0.6 is 23.7 Å². The molecule has 0 aromatic carbocycles. The average molecular weight is 222 g/mol. The van der Waals surface area contributed by atoms with Gasteiger partial charge in [-0.3, -0.25) is 0 Å². The molecule has 0 spiro atoms. The van der Waals surface area contributed by atoms with E-state index in [1.807, 2.05) is 6.92 Å². The minimum absolute atomic E-state index is 0. The second-order valence-corrected chi connectivity index (χ2v) is 3.47. The molecule has 0 saturated carbocycles. The van der Waals surface area contributed by atoms with Crippen molar-refractivity contribution >= 4 is 35.4 Å². The van der Waals surface area contributed by atoms with E-state index in [0.717, 1.165) is 11.3 Å². The van der Waals surface area contributed by atoms with E-state index in [-0.39, 0.29) is 18.4 Å². The van der Waals surface area contributed by atoms with Crippen LogP contribution in [0.5, 0.6) is 0 Å². The van der Waals surface area contributed by atoms with Gasteiger partial charge in [0.05, 0.1) is 7.11 Å². The van der Waals surface area contributed by atoms with Gasteiger partial charge < -0.3 is 10.5 Å². The Morgan fingerprint density at radius 3 is 2.69 bits per heavy atom. The van der Waals surface area contributed by atoms with E-state index in [4.69, 9.17) is 5.73 Å². The van der Waals surface area contributed by atoms with Crippen molar-refractivity contribution in [2.45, 2.75) is 13.3 Å². The molecule has 1 rings (SSSR count). The van der Waals surface area contributed by atoms with E-state index in [0.29, 0.717) is 10.6 Å². The number of halogens is 1. The minimum Gasteiger partial charge on any atom is -0.465 e. The fourth-order valence-electron chi connectivity index (χ4n) is 0.920. The summed E-state index contributed by atoms with van der Waals surface area (Å²) in [6.45, 7) is 2.00. The summed E-state index contributed by atoms with van der Waals surface area (Å²) < 4.78 is 4.57. The van der Waals surface area contributed by atoms with Crippen molar-refractivity contribution < 1.29 is 9.53 Å². The van der Waals surface area contributed by atoms with Crippen LogP contribution in [0.2, 0.25) is 0 Å². The van der Waals surface area contributed by atoms with Gasteiger partial charge in [-0.1, -0.05) is 6.92 Å². The van der Waals surface area contributed by atoms with Crippen LogP contribution in [0.3, 0.4) is 0 Å². The molecule has 0 unspecified atom stereocenters. The third-order valence-electron chi connectivity index (χ3n) is 1.55. The Morgan fingerprint density at radius 1 is 1.69 bits per heavy atom. The molecule has 0 saturated heterocycles. The van der Waals surface area contributed by atoms with Crippen LogP contribution in [-0.2, 0) is 11.2 Å². The van der Waals surface area contributed by atoms with Gasteiger partial charge in [-0.2, -0.15) is 0 Å². The molecule has 0 aliphatic carbocycles. The molecule has 0 atom stereocenters. The Labute approximate surface area is 87.3 Å². The zero-order valence-electron chi connectivity index (χ0n) is 7.49. The van der Waals surface area contributed by atoms with Crippen LogP contribution in [-0.4, -0.2) is 13.1 Å². The lowest BCUT2D eigenvalue weighted by Gasteiger charge is -1.91. The first-order valence-electron chi connectivity index (χ1n) is 3.65. The highest BCUT2D eigenvalue weighted by Crippen LogP contribution is 2.25. The van der Waals surface area contributed by atoms with Gasteiger partial charge in [0.2, 0.25) is 0 Å². The van der Waals surface area contributed by atoms with Crippen LogP contribution in [0.1, 0.15) is 21.5 Å². The lowest BCUT2D eigenvalue weighted by Crippen LogP contribution is -1.97. The molecule has 74 valence electrons. The molecule has 0 bridgehead atoms. The zero-order chi connectivity index (χ0) is 9.14. The number of thiophene rings is 1. The summed E-state index contributed by atoms with van der Waals surface area (Å²) in [6.07, 6.45) is 0.855. The molecule has 0 fully saturated rings. The lowest BCUT2D eigenvalue weighted by atomic mass is 10.3. The molecule has 0 aliphatic heterocycles. The number of carbonyl (C=O) groups is 1. The molecule has 1 aromatic rings. The maximum Gasteiger partial charge on any atom is 0.348 e. The number of aryl methyl sites for hydroxylation is 1. The molecule has 0 amide bonds.